The van der Waals surface area contributed by atoms with Crippen molar-refractivity contribution in [2.45, 2.75) is 12.3 Å². The molecule has 3 rings (SSSR count). The van der Waals surface area contributed by atoms with Gasteiger partial charge in [-0.3, -0.25) is 9.69 Å². The molecule has 4 nitrogen and oxygen atoms in total. The molecule has 1 N–H and O–H groups in total. The van der Waals surface area contributed by atoms with E-state index in [0.29, 0.717) is 16.6 Å². The number of carbonyl (C=O) groups excluding carboxylic acids is 1. The third-order valence-corrected chi connectivity index (χ3v) is 5.32. The number of aliphatic hydroxyl groups is 1. The number of benzene rings is 1. The van der Waals surface area contributed by atoms with Gasteiger partial charge in [-0.15, -0.1) is 0 Å². The lowest BCUT2D eigenvalue weighted by molar-refractivity contribution is -0.134. The van der Waals surface area contributed by atoms with Crippen molar-refractivity contribution >= 4 is 29.1 Å². The minimum atomic E-state index is 0.0848. The topological polar surface area (TPSA) is 43.8 Å². The fourth-order valence-electron chi connectivity index (χ4n) is 3.15. The van der Waals surface area contributed by atoms with Crippen LogP contribution in [0.15, 0.2) is 18.2 Å². The minimum absolute atomic E-state index is 0.0848. The van der Waals surface area contributed by atoms with Crippen LogP contribution in [-0.4, -0.2) is 60.1 Å². The summed E-state index contributed by atoms with van der Waals surface area (Å²) in [5.74, 6) is 0.610. The summed E-state index contributed by atoms with van der Waals surface area (Å²) in [6.45, 7) is 4.06. The van der Waals surface area contributed by atoms with E-state index in [-0.39, 0.29) is 24.3 Å². The van der Waals surface area contributed by atoms with E-state index in [9.17, 15) is 4.79 Å². The summed E-state index contributed by atoms with van der Waals surface area (Å²) in [7, 11) is 0. The van der Waals surface area contributed by atoms with Crippen molar-refractivity contribution < 1.29 is 9.90 Å². The number of amides is 1. The molecule has 1 aliphatic heterocycles. The number of hydrogen-bond donors (Lipinski definition) is 1. The first-order chi connectivity index (χ1) is 10.6. The highest BCUT2D eigenvalue weighted by Gasteiger charge is 2.46. The third-order valence-electron chi connectivity index (χ3n) is 4.58. The first kappa shape index (κ1) is 16.1. The van der Waals surface area contributed by atoms with Crippen molar-refractivity contribution in [3.63, 3.8) is 0 Å². The summed E-state index contributed by atoms with van der Waals surface area (Å²) in [6.07, 6.45) is 0.896. The van der Waals surface area contributed by atoms with Gasteiger partial charge in [-0.2, -0.15) is 0 Å². The van der Waals surface area contributed by atoms with Crippen molar-refractivity contribution in [2.24, 2.45) is 5.92 Å². The molecule has 1 amide bonds. The monoisotopic (exact) mass is 342 g/mol. The molecule has 1 aromatic carbocycles. The molecule has 0 aromatic heterocycles. The van der Waals surface area contributed by atoms with Crippen LogP contribution in [0.3, 0.4) is 0 Å². The van der Waals surface area contributed by atoms with Crippen LogP contribution < -0.4 is 0 Å². The molecule has 1 saturated heterocycles. The lowest BCUT2D eigenvalue weighted by atomic mass is 10.1. The minimum Gasteiger partial charge on any atom is -0.395 e. The summed E-state index contributed by atoms with van der Waals surface area (Å²) >= 11 is 12.0. The van der Waals surface area contributed by atoms with Crippen LogP contribution in [0.2, 0.25) is 10.0 Å². The molecule has 1 heterocycles. The second-order valence-corrected chi connectivity index (χ2v) is 6.83. The fourth-order valence-corrected chi connectivity index (χ4v) is 3.45. The van der Waals surface area contributed by atoms with Gasteiger partial charge in [0.2, 0.25) is 5.91 Å². The van der Waals surface area contributed by atoms with E-state index in [2.05, 4.69) is 4.90 Å². The second-order valence-electron chi connectivity index (χ2n) is 6.01. The van der Waals surface area contributed by atoms with E-state index >= 15 is 0 Å². The Morgan fingerprint density at radius 1 is 1.18 bits per heavy atom. The van der Waals surface area contributed by atoms with Gasteiger partial charge < -0.3 is 10.0 Å². The zero-order valence-electron chi connectivity index (χ0n) is 12.3. The van der Waals surface area contributed by atoms with E-state index in [1.165, 1.54) is 0 Å². The van der Waals surface area contributed by atoms with Gasteiger partial charge in [0, 0.05) is 38.6 Å². The number of carbonyl (C=O) groups is 1. The maximum absolute atomic E-state index is 12.6. The van der Waals surface area contributed by atoms with Crippen LogP contribution in [0.4, 0.5) is 0 Å². The van der Waals surface area contributed by atoms with E-state index in [1.807, 2.05) is 17.0 Å². The van der Waals surface area contributed by atoms with Crippen LogP contribution in [0.25, 0.3) is 0 Å². The SMILES string of the molecule is O=C([C@H]1C[C@H]1c1ccc(Cl)c(Cl)c1)N1CCN(CCO)CC1. The maximum Gasteiger partial charge on any atom is 0.226 e. The molecule has 2 atom stereocenters. The Morgan fingerprint density at radius 3 is 2.55 bits per heavy atom. The molecule has 2 fully saturated rings. The molecule has 0 bridgehead atoms. The van der Waals surface area contributed by atoms with Crippen molar-refractivity contribution in [3.8, 4) is 0 Å². The number of hydrogen-bond acceptors (Lipinski definition) is 3. The van der Waals surface area contributed by atoms with Crippen molar-refractivity contribution in [1.29, 1.82) is 0 Å². The summed E-state index contributed by atoms with van der Waals surface area (Å²) in [6, 6.07) is 5.64. The number of piperazine rings is 1. The first-order valence-electron chi connectivity index (χ1n) is 7.67. The van der Waals surface area contributed by atoms with E-state index < -0.39 is 0 Å². The Hall–Kier alpha value is -0.810. The second kappa shape index (κ2) is 6.75. The van der Waals surface area contributed by atoms with Crippen LogP contribution in [0, 0.1) is 5.92 Å². The summed E-state index contributed by atoms with van der Waals surface area (Å²) in [4.78, 5) is 16.7. The summed E-state index contributed by atoms with van der Waals surface area (Å²) in [5.41, 5.74) is 1.10. The number of rotatable bonds is 4. The predicted octanol–water partition coefficient (Wildman–Crippen LogP) is 2.23. The predicted molar refractivity (Wildman–Crippen MR) is 87.4 cm³/mol. The Balaban J connectivity index is 1.56. The molecule has 1 aliphatic carbocycles. The van der Waals surface area contributed by atoms with Gasteiger partial charge in [-0.25, -0.2) is 0 Å². The van der Waals surface area contributed by atoms with Crippen LogP contribution >= 0.6 is 23.2 Å². The molecule has 6 heteroatoms. The zero-order chi connectivity index (χ0) is 15.7. The lowest BCUT2D eigenvalue weighted by Crippen LogP contribution is -2.49. The molecular weight excluding hydrogens is 323 g/mol. The van der Waals surface area contributed by atoms with Crippen LogP contribution in [0.1, 0.15) is 17.9 Å². The highest BCUT2D eigenvalue weighted by Crippen LogP contribution is 2.49. The molecule has 0 radical (unpaired) electrons. The smallest absolute Gasteiger partial charge is 0.226 e. The third kappa shape index (κ3) is 3.40. The quantitative estimate of drug-likeness (QED) is 0.912. The van der Waals surface area contributed by atoms with E-state index in [4.69, 9.17) is 28.3 Å². The summed E-state index contributed by atoms with van der Waals surface area (Å²) in [5, 5.41) is 10.1. The number of halogens is 2. The van der Waals surface area contributed by atoms with Crippen molar-refractivity contribution in [3.05, 3.63) is 33.8 Å². The average Bonchev–Trinajstić information content (AvgIpc) is 3.31. The van der Waals surface area contributed by atoms with E-state index in [1.54, 1.807) is 6.07 Å². The van der Waals surface area contributed by atoms with E-state index in [0.717, 1.165) is 38.2 Å². The van der Waals surface area contributed by atoms with Gasteiger partial charge in [0.25, 0.3) is 0 Å². The largest absolute Gasteiger partial charge is 0.395 e. The molecule has 0 unspecified atom stereocenters. The van der Waals surface area contributed by atoms with Gasteiger partial charge in [0.15, 0.2) is 0 Å². The van der Waals surface area contributed by atoms with Gasteiger partial charge >= 0.3 is 0 Å². The molecule has 1 aromatic rings. The Morgan fingerprint density at radius 2 is 1.91 bits per heavy atom. The van der Waals surface area contributed by atoms with Crippen molar-refractivity contribution in [2.75, 3.05) is 39.3 Å². The number of aliphatic hydroxyl groups excluding tert-OH is 1. The average molecular weight is 343 g/mol. The molecule has 1 saturated carbocycles. The molecular formula is C16H20Cl2N2O2. The normalized spacial score (nSPS) is 25.3. The summed E-state index contributed by atoms with van der Waals surface area (Å²) < 4.78 is 0. The van der Waals surface area contributed by atoms with Gasteiger partial charge in [0.1, 0.15) is 0 Å². The Labute approximate surface area is 140 Å². The lowest BCUT2D eigenvalue weighted by Gasteiger charge is -2.34. The number of β-amino-alcohol motifs (C(OH)–C–C–N with tert-alkyl or cyclic N) is 1. The zero-order valence-corrected chi connectivity index (χ0v) is 13.9. The highest BCUT2D eigenvalue weighted by atomic mass is 35.5. The Kier molecular flexibility index (Phi) is 4.93. The molecule has 0 spiro atoms. The maximum atomic E-state index is 12.6. The van der Waals surface area contributed by atoms with Gasteiger partial charge in [-0.05, 0) is 30.0 Å². The standard InChI is InChI=1S/C16H20Cl2N2O2/c17-14-2-1-11(9-15(14)18)12-10-13(12)16(22)20-5-3-19(4-6-20)7-8-21/h1-2,9,12-13,21H,3-8,10H2/t12-,13-/m0/s1. The van der Waals surface area contributed by atoms with Crippen molar-refractivity contribution in [1.82, 2.24) is 9.80 Å². The van der Waals surface area contributed by atoms with Crippen LogP contribution in [0.5, 0.6) is 0 Å². The van der Waals surface area contributed by atoms with Gasteiger partial charge in [-0.1, -0.05) is 29.3 Å². The highest BCUT2D eigenvalue weighted by molar-refractivity contribution is 6.42. The fraction of sp³-hybridized carbons (Fsp3) is 0.562. The first-order valence-corrected chi connectivity index (χ1v) is 8.42. The number of nitrogens with zero attached hydrogens (tertiary/aromatic N) is 2. The molecule has 2 aliphatic rings. The molecule has 120 valence electrons. The van der Waals surface area contributed by atoms with Gasteiger partial charge in [0.05, 0.1) is 16.7 Å². The van der Waals surface area contributed by atoms with Crippen LogP contribution in [-0.2, 0) is 4.79 Å². The molecule has 22 heavy (non-hydrogen) atoms. The Bertz CT molecular complexity index is 559.